The van der Waals surface area contributed by atoms with Crippen LogP contribution in [0.3, 0.4) is 0 Å². The number of primary amides is 1. The molecule has 1 fully saturated rings. The highest BCUT2D eigenvalue weighted by Crippen LogP contribution is 2.30. The van der Waals surface area contributed by atoms with Crippen LogP contribution in [0.5, 0.6) is 0 Å². The van der Waals surface area contributed by atoms with Crippen LogP contribution in [0.1, 0.15) is 67.6 Å². The van der Waals surface area contributed by atoms with Gasteiger partial charge in [0, 0.05) is 12.1 Å². The normalized spacial score (nSPS) is 14.8. The first kappa shape index (κ1) is 40.8. The number of halogens is 3. The van der Waals surface area contributed by atoms with Crippen LogP contribution >= 0.6 is 0 Å². The number of fused-ring (bicyclic) bond motifs is 1. The minimum Gasteiger partial charge on any atom is -0.475 e. The van der Waals surface area contributed by atoms with Crippen molar-refractivity contribution >= 4 is 46.3 Å². The molecule has 3 atom stereocenters. The molecule has 0 aromatic heterocycles. The zero-order valence-corrected chi connectivity index (χ0v) is 28.5. The highest BCUT2D eigenvalue weighted by molar-refractivity contribution is 5.95. The van der Waals surface area contributed by atoms with Crippen molar-refractivity contribution in [3.63, 3.8) is 0 Å². The summed E-state index contributed by atoms with van der Waals surface area (Å²) in [7, 11) is 0. The van der Waals surface area contributed by atoms with Gasteiger partial charge in [-0.05, 0) is 59.9 Å². The molecular formula is C36H45F3N8O5. The molecule has 0 aliphatic heterocycles. The van der Waals surface area contributed by atoms with E-state index in [-0.39, 0.29) is 30.0 Å². The van der Waals surface area contributed by atoms with E-state index in [1.165, 1.54) is 0 Å². The van der Waals surface area contributed by atoms with Gasteiger partial charge in [-0.1, -0.05) is 86.0 Å². The third-order valence-corrected chi connectivity index (χ3v) is 8.79. The summed E-state index contributed by atoms with van der Waals surface area (Å²) in [6.45, 7) is 0.360. The molecule has 1 aliphatic rings. The molecule has 3 amide bonds. The highest BCUT2D eigenvalue weighted by Gasteiger charge is 2.38. The topological polar surface area (TPSA) is 250 Å². The molecule has 4 rings (SSSR count). The van der Waals surface area contributed by atoms with Crippen molar-refractivity contribution in [1.29, 1.82) is 10.8 Å². The fraction of sp³-hybridized carbons (Fsp3) is 0.389. The minimum atomic E-state index is -5.08. The van der Waals surface area contributed by atoms with E-state index < -0.39 is 42.0 Å². The summed E-state index contributed by atoms with van der Waals surface area (Å²) < 4.78 is 31.7. The predicted octanol–water partition coefficient (Wildman–Crippen LogP) is 3.38. The van der Waals surface area contributed by atoms with E-state index in [0.717, 1.165) is 54.0 Å². The number of hydrogen-bond donors (Lipinski definition) is 9. The number of nitrogen functional groups attached to an aromatic ring is 1. The van der Waals surface area contributed by atoms with Crippen molar-refractivity contribution in [2.45, 2.75) is 75.5 Å². The molecule has 0 bridgehead atoms. The Balaban J connectivity index is 0.000000944. The number of nitrogens with two attached hydrogens (primary N) is 3. The second kappa shape index (κ2) is 19.1. The standard InChI is InChI=1S/C34H44N8O3.C2HF3O2/c35-30(36)24-14-12-21(13-15-24)19-27(26-17-16-22-7-4-5-10-25(22)20-26)32(44)42-29(23-8-2-1-3-9-23)33(45)41-28(31(37)43)11-6-18-40-34(38)39;3-2(4,5)1(6)7/h4-5,7,10,12-17,20,23,27-29H,1-3,6,8-9,11,18-19H2,(H3,35,36)(H2,37,43)(H,41,45)(H,42,44)(H4,38,39,40);(H,6,7)/t27-,28+,29+;/m1./s1. The molecule has 3 aromatic carbocycles. The third kappa shape index (κ3) is 12.6. The molecule has 12 N–H and O–H groups in total. The summed E-state index contributed by atoms with van der Waals surface area (Å²) in [4.78, 5) is 49.2. The van der Waals surface area contributed by atoms with Crippen molar-refractivity contribution in [2.75, 3.05) is 6.54 Å². The third-order valence-electron chi connectivity index (χ3n) is 8.79. The first-order chi connectivity index (χ1) is 24.6. The molecule has 280 valence electrons. The number of nitrogens with one attached hydrogen (secondary N) is 5. The maximum absolute atomic E-state index is 14.2. The summed E-state index contributed by atoms with van der Waals surface area (Å²) in [5.74, 6) is -5.03. The van der Waals surface area contributed by atoms with Crippen molar-refractivity contribution in [3.05, 3.63) is 83.4 Å². The first-order valence-electron chi connectivity index (χ1n) is 16.8. The number of benzene rings is 3. The summed E-state index contributed by atoms with van der Waals surface area (Å²) in [5, 5.41) is 32.8. The Morgan fingerprint density at radius 1 is 0.846 bits per heavy atom. The van der Waals surface area contributed by atoms with Gasteiger partial charge in [-0.15, -0.1) is 0 Å². The zero-order valence-electron chi connectivity index (χ0n) is 28.5. The summed E-state index contributed by atoms with van der Waals surface area (Å²) in [6.07, 6.45) is 0.567. The van der Waals surface area contributed by atoms with Crippen molar-refractivity contribution in [2.24, 2.45) is 23.1 Å². The molecule has 16 heteroatoms. The Kier molecular flexibility index (Phi) is 15.0. The molecule has 1 saturated carbocycles. The van der Waals surface area contributed by atoms with Gasteiger partial charge in [0.25, 0.3) is 0 Å². The van der Waals surface area contributed by atoms with E-state index in [2.05, 4.69) is 16.0 Å². The lowest BCUT2D eigenvalue weighted by Crippen LogP contribution is -2.56. The maximum atomic E-state index is 14.2. The average molecular weight is 727 g/mol. The van der Waals surface area contributed by atoms with Crippen LogP contribution < -0.4 is 33.2 Å². The van der Waals surface area contributed by atoms with Crippen LogP contribution in [0.25, 0.3) is 10.8 Å². The smallest absolute Gasteiger partial charge is 0.475 e. The molecule has 1 aliphatic carbocycles. The van der Waals surface area contributed by atoms with E-state index in [0.29, 0.717) is 24.9 Å². The van der Waals surface area contributed by atoms with Gasteiger partial charge in [0.1, 0.15) is 17.9 Å². The number of alkyl halides is 3. The Bertz CT molecular complexity index is 1730. The number of amidine groups is 1. The fourth-order valence-corrected chi connectivity index (χ4v) is 6.04. The maximum Gasteiger partial charge on any atom is 0.490 e. The first-order valence-corrected chi connectivity index (χ1v) is 16.8. The van der Waals surface area contributed by atoms with Gasteiger partial charge in [0.15, 0.2) is 5.96 Å². The molecule has 0 unspecified atom stereocenters. The number of guanidine groups is 1. The lowest BCUT2D eigenvalue weighted by Gasteiger charge is -2.32. The van der Waals surface area contributed by atoms with E-state index >= 15 is 0 Å². The molecule has 3 aromatic rings. The van der Waals surface area contributed by atoms with Crippen LogP contribution in [0.4, 0.5) is 13.2 Å². The van der Waals surface area contributed by atoms with Gasteiger partial charge in [-0.25, -0.2) is 4.79 Å². The molecule has 0 heterocycles. The number of carbonyl (C=O) groups is 4. The highest BCUT2D eigenvalue weighted by atomic mass is 19.4. The molecular weight excluding hydrogens is 681 g/mol. The van der Waals surface area contributed by atoms with Gasteiger partial charge in [0.2, 0.25) is 17.7 Å². The van der Waals surface area contributed by atoms with E-state index in [9.17, 15) is 27.6 Å². The second-order valence-electron chi connectivity index (χ2n) is 12.6. The predicted molar refractivity (Wildman–Crippen MR) is 190 cm³/mol. The molecule has 0 saturated heterocycles. The second-order valence-corrected chi connectivity index (χ2v) is 12.6. The van der Waals surface area contributed by atoms with Crippen LogP contribution in [-0.2, 0) is 25.6 Å². The van der Waals surface area contributed by atoms with Crippen molar-refractivity contribution in [1.82, 2.24) is 16.0 Å². The van der Waals surface area contributed by atoms with Gasteiger partial charge >= 0.3 is 12.1 Å². The molecule has 13 nitrogen and oxygen atoms in total. The number of carboxylic acid groups (broad SMARTS) is 1. The molecule has 0 radical (unpaired) electrons. The number of rotatable bonds is 14. The van der Waals surface area contributed by atoms with E-state index in [4.69, 9.17) is 37.9 Å². The average Bonchev–Trinajstić information content (AvgIpc) is 3.10. The Labute approximate surface area is 298 Å². The quantitative estimate of drug-likeness (QED) is 0.0675. The number of carboxylic acids is 1. The Morgan fingerprint density at radius 2 is 1.46 bits per heavy atom. The Hall–Kier alpha value is -5.67. The number of carbonyl (C=O) groups excluding carboxylic acids is 3. The van der Waals surface area contributed by atoms with E-state index in [1.54, 1.807) is 12.1 Å². The van der Waals surface area contributed by atoms with Crippen LogP contribution in [0.2, 0.25) is 0 Å². The van der Waals surface area contributed by atoms with Gasteiger partial charge < -0.3 is 38.3 Å². The molecule has 0 spiro atoms. The summed E-state index contributed by atoms with van der Waals surface area (Å²) in [6, 6.07) is 19.4. The van der Waals surface area contributed by atoms with Crippen molar-refractivity contribution < 1.29 is 37.5 Å². The summed E-state index contributed by atoms with van der Waals surface area (Å²) >= 11 is 0. The van der Waals surface area contributed by atoms with Gasteiger partial charge in [0.05, 0.1) is 5.92 Å². The van der Waals surface area contributed by atoms with E-state index in [1.807, 2.05) is 54.6 Å². The van der Waals surface area contributed by atoms with Crippen LogP contribution in [0, 0.1) is 16.7 Å². The number of hydrogen-bond acceptors (Lipinski definition) is 6. The lowest BCUT2D eigenvalue weighted by atomic mass is 9.82. The van der Waals surface area contributed by atoms with Crippen LogP contribution in [0.15, 0.2) is 66.7 Å². The minimum absolute atomic E-state index is 0.0314. The van der Waals surface area contributed by atoms with Crippen LogP contribution in [-0.4, -0.2) is 65.4 Å². The lowest BCUT2D eigenvalue weighted by molar-refractivity contribution is -0.192. The SMILES string of the molecule is N=C(N)NCCC[C@H](NC(=O)[C@@H](NC(=O)[C@H](Cc1ccc(C(=N)N)cc1)c1ccc2ccccc2c1)C1CCCCC1)C(N)=O.O=C(O)C(F)(F)F. The van der Waals surface area contributed by atoms with Gasteiger partial charge in [-0.2, -0.15) is 13.2 Å². The summed E-state index contributed by atoms with van der Waals surface area (Å²) in [5.41, 5.74) is 18.9. The monoisotopic (exact) mass is 726 g/mol. The number of aliphatic carboxylic acids is 1. The molecule has 52 heavy (non-hydrogen) atoms. The zero-order chi connectivity index (χ0) is 38.4. The number of amides is 3. The van der Waals surface area contributed by atoms with Crippen molar-refractivity contribution in [3.8, 4) is 0 Å². The van der Waals surface area contributed by atoms with Gasteiger partial charge in [-0.3, -0.25) is 25.2 Å². The fourth-order valence-electron chi connectivity index (χ4n) is 6.04. The Morgan fingerprint density at radius 3 is 2.02 bits per heavy atom. The largest absolute Gasteiger partial charge is 0.490 e.